The molecule has 4 aromatic carbocycles. The Hall–Kier alpha value is -4.35. The molecule has 0 aliphatic heterocycles. The van der Waals surface area contributed by atoms with Gasteiger partial charge in [-0.1, -0.05) is 106 Å². The second-order valence-electron chi connectivity index (χ2n) is 10.1. The Labute approximate surface area is 236 Å². The van der Waals surface area contributed by atoms with Gasteiger partial charge >= 0.3 is 0 Å². The molecule has 0 amide bonds. The number of aliphatic hydroxyl groups is 1. The van der Waals surface area contributed by atoms with Crippen LogP contribution in [-0.2, 0) is 0 Å². The summed E-state index contributed by atoms with van der Waals surface area (Å²) in [6.45, 7) is 4.34. The van der Waals surface area contributed by atoms with E-state index in [2.05, 4.69) is 59.4 Å². The molecule has 0 aliphatic carbocycles. The molecule has 40 heavy (non-hydrogen) atoms. The smallest absolute Gasteiger partial charge is 0.167 e. The fraction of sp³-hybridized carbons (Fsp3) is 0.229. The molecule has 1 aromatic heterocycles. The maximum Gasteiger partial charge on any atom is 0.167 e. The molecule has 1 unspecified atom stereocenters. The summed E-state index contributed by atoms with van der Waals surface area (Å²) in [6.07, 6.45) is 4.88. The largest absolute Gasteiger partial charge is 0.490 e. The lowest BCUT2D eigenvalue weighted by Crippen LogP contribution is -2.35. The van der Waals surface area contributed by atoms with E-state index in [4.69, 9.17) is 9.72 Å². The number of ether oxygens (including phenoxy) is 1. The summed E-state index contributed by atoms with van der Waals surface area (Å²) in [6, 6.07) is 34.8. The summed E-state index contributed by atoms with van der Waals surface area (Å²) in [4.78, 5) is 14.0. The molecule has 5 aromatic rings. The van der Waals surface area contributed by atoms with Crippen LogP contribution in [-0.4, -0.2) is 32.3 Å². The van der Waals surface area contributed by atoms with E-state index in [-0.39, 0.29) is 6.61 Å². The van der Waals surface area contributed by atoms with Gasteiger partial charge in [0.15, 0.2) is 11.6 Å². The van der Waals surface area contributed by atoms with Crippen LogP contribution in [0.1, 0.15) is 39.5 Å². The summed E-state index contributed by atoms with van der Waals surface area (Å²) in [5.41, 5.74) is 5.25. The van der Waals surface area contributed by atoms with E-state index >= 15 is 0 Å². The number of hydrogen-bond donors (Lipinski definition) is 1. The predicted molar refractivity (Wildman–Crippen MR) is 162 cm³/mol. The molecule has 0 spiro atoms. The molecule has 5 heteroatoms. The molecule has 0 bridgehead atoms. The Balaban J connectivity index is 1.52. The molecule has 0 aliphatic rings. The summed E-state index contributed by atoms with van der Waals surface area (Å²) in [7, 11) is 0. The lowest BCUT2D eigenvalue weighted by Gasteiger charge is -2.27. The van der Waals surface area contributed by atoms with E-state index in [1.54, 1.807) is 6.33 Å². The zero-order chi connectivity index (χ0) is 27.8. The molecule has 1 N–H and O–H groups in total. The van der Waals surface area contributed by atoms with Crippen molar-refractivity contribution in [3.05, 3.63) is 109 Å². The van der Waals surface area contributed by atoms with Gasteiger partial charge < -0.3 is 9.84 Å². The highest BCUT2D eigenvalue weighted by atomic mass is 16.5. The molecule has 5 nitrogen and oxygen atoms in total. The quantitative estimate of drug-likeness (QED) is 0.187. The zero-order valence-electron chi connectivity index (χ0n) is 23.1. The first-order valence-electron chi connectivity index (χ1n) is 14.0. The van der Waals surface area contributed by atoms with Crippen LogP contribution in [0.4, 0.5) is 0 Å². The second-order valence-corrected chi connectivity index (χ2v) is 10.1. The van der Waals surface area contributed by atoms with Gasteiger partial charge in [-0.3, -0.25) is 0 Å². The van der Waals surface area contributed by atoms with Gasteiger partial charge in [-0.15, -0.1) is 0 Å². The summed E-state index contributed by atoms with van der Waals surface area (Å²) < 4.78 is 6.20. The average Bonchev–Trinajstić information content (AvgIpc) is 3.03. The van der Waals surface area contributed by atoms with E-state index in [0.29, 0.717) is 30.2 Å². The van der Waals surface area contributed by atoms with Gasteiger partial charge in [-0.05, 0) is 59.4 Å². The first-order valence-corrected chi connectivity index (χ1v) is 14.0. The minimum Gasteiger partial charge on any atom is -0.490 e. The van der Waals surface area contributed by atoms with Gasteiger partial charge in [0.05, 0.1) is 11.2 Å². The van der Waals surface area contributed by atoms with Crippen LogP contribution >= 0.6 is 0 Å². The molecule has 0 fully saturated rings. The third kappa shape index (κ3) is 6.27. The molecule has 202 valence electrons. The minimum absolute atomic E-state index is 0.220. The lowest BCUT2D eigenvalue weighted by atomic mass is 9.94. The van der Waals surface area contributed by atoms with Crippen LogP contribution in [0.15, 0.2) is 109 Å². The summed E-state index contributed by atoms with van der Waals surface area (Å²) >= 11 is 0. The predicted octanol–water partition coefficient (Wildman–Crippen LogP) is 8.25. The highest BCUT2D eigenvalue weighted by molar-refractivity contribution is 5.85. The monoisotopic (exact) mass is 529 g/mol. The molecular weight excluding hydrogens is 494 g/mol. The number of benzene rings is 4. The van der Waals surface area contributed by atoms with Gasteiger partial charge in [0, 0.05) is 5.56 Å². The second kappa shape index (κ2) is 12.7. The van der Waals surface area contributed by atoms with Crippen LogP contribution in [0.5, 0.6) is 5.75 Å². The number of unbranched alkanes of at least 4 members (excludes halogenated alkanes) is 1. The highest BCUT2D eigenvalue weighted by Crippen LogP contribution is 2.36. The maximum absolute atomic E-state index is 11.0. The van der Waals surface area contributed by atoms with Crippen LogP contribution in [0, 0.1) is 0 Å². The van der Waals surface area contributed by atoms with Crippen molar-refractivity contribution >= 4 is 0 Å². The number of rotatable bonds is 11. The van der Waals surface area contributed by atoms with E-state index in [0.717, 1.165) is 46.2 Å². The molecule has 1 heterocycles. The van der Waals surface area contributed by atoms with Crippen molar-refractivity contribution in [1.29, 1.82) is 0 Å². The molecule has 5 rings (SSSR count). The Bertz CT molecular complexity index is 1540. The van der Waals surface area contributed by atoms with E-state index < -0.39 is 5.60 Å². The van der Waals surface area contributed by atoms with E-state index in [1.807, 2.05) is 67.6 Å². The van der Waals surface area contributed by atoms with Crippen molar-refractivity contribution in [3.63, 3.8) is 0 Å². The Morgan fingerprint density at radius 1 is 0.675 bits per heavy atom. The maximum atomic E-state index is 11.0. The third-order valence-corrected chi connectivity index (χ3v) is 7.30. The Kier molecular flexibility index (Phi) is 8.62. The topological polar surface area (TPSA) is 68.1 Å². The van der Waals surface area contributed by atoms with Crippen LogP contribution in [0.3, 0.4) is 0 Å². The Morgan fingerprint density at radius 3 is 2.02 bits per heavy atom. The van der Waals surface area contributed by atoms with Crippen molar-refractivity contribution in [3.8, 4) is 50.8 Å². The van der Waals surface area contributed by atoms with Gasteiger partial charge in [-0.2, -0.15) is 0 Å². The number of nitrogens with zero attached hydrogens (tertiary/aromatic N) is 3. The summed E-state index contributed by atoms with van der Waals surface area (Å²) in [5, 5.41) is 11.0. The van der Waals surface area contributed by atoms with Crippen LogP contribution in [0.25, 0.3) is 45.0 Å². The molecular formula is C35H35N3O2. The van der Waals surface area contributed by atoms with Crippen molar-refractivity contribution < 1.29 is 9.84 Å². The number of aromatic nitrogens is 3. The third-order valence-electron chi connectivity index (χ3n) is 7.30. The van der Waals surface area contributed by atoms with Gasteiger partial charge in [-0.25, -0.2) is 15.0 Å². The average molecular weight is 530 g/mol. The van der Waals surface area contributed by atoms with Crippen molar-refractivity contribution in [2.75, 3.05) is 6.61 Å². The Morgan fingerprint density at radius 2 is 1.32 bits per heavy atom. The fourth-order valence-corrected chi connectivity index (χ4v) is 4.81. The molecule has 0 radical (unpaired) electrons. The standard InChI is InChI=1S/C35H35N3O2/c1-3-5-22-35(39,4-2)24-40-32-19-13-12-18-30(32)34-37-25-36-33(38-34)29-21-20-28(26-14-8-6-9-15-26)23-31(29)27-16-10-7-11-17-27/h6-21,23,25,39H,3-5,22,24H2,1-2H3. The van der Waals surface area contributed by atoms with E-state index in [9.17, 15) is 5.11 Å². The highest BCUT2D eigenvalue weighted by Gasteiger charge is 2.26. The van der Waals surface area contributed by atoms with Crippen LogP contribution in [0.2, 0.25) is 0 Å². The van der Waals surface area contributed by atoms with Crippen LogP contribution < -0.4 is 4.74 Å². The zero-order valence-corrected chi connectivity index (χ0v) is 23.1. The van der Waals surface area contributed by atoms with E-state index in [1.165, 1.54) is 0 Å². The molecule has 0 saturated carbocycles. The first kappa shape index (κ1) is 27.2. The number of hydrogen-bond acceptors (Lipinski definition) is 5. The normalized spacial score (nSPS) is 12.6. The minimum atomic E-state index is -0.863. The lowest BCUT2D eigenvalue weighted by molar-refractivity contribution is -0.0167. The summed E-state index contributed by atoms with van der Waals surface area (Å²) in [5.74, 6) is 1.76. The van der Waals surface area contributed by atoms with Gasteiger partial charge in [0.25, 0.3) is 0 Å². The van der Waals surface area contributed by atoms with Gasteiger partial charge in [0.2, 0.25) is 0 Å². The van der Waals surface area contributed by atoms with Crippen molar-refractivity contribution in [2.24, 2.45) is 0 Å². The van der Waals surface area contributed by atoms with Crippen molar-refractivity contribution in [1.82, 2.24) is 15.0 Å². The first-order chi connectivity index (χ1) is 19.6. The fourth-order valence-electron chi connectivity index (χ4n) is 4.81. The van der Waals surface area contributed by atoms with Crippen molar-refractivity contribution in [2.45, 2.75) is 45.1 Å². The van der Waals surface area contributed by atoms with Gasteiger partial charge in [0.1, 0.15) is 18.7 Å². The number of para-hydroxylation sites is 1. The molecule has 0 saturated heterocycles. The SMILES string of the molecule is CCCCC(O)(CC)COc1ccccc1-c1ncnc(-c2ccc(-c3ccccc3)cc2-c2ccccc2)n1. The molecule has 1 atom stereocenters.